The Hall–Kier alpha value is -2.12. The SMILES string of the molecule is O=Cc1cc(N2CCCC(C(F)(F)F)C2)ccc1[N+](=O)[O-]. The molecule has 1 atom stereocenters. The molecule has 0 bridgehead atoms. The van der Waals surface area contributed by atoms with E-state index in [2.05, 4.69) is 0 Å². The summed E-state index contributed by atoms with van der Waals surface area (Å²) in [4.78, 5) is 22.4. The highest BCUT2D eigenvalue weighted by molar-refractivity contribution is 5.83. The maximum Gasteiger partial charge on any atom is 0.393 e. The largest absolute Gasteiger partial charge is 0.393 e. The predicted molar refractivity (Wildman–Crippen MR) is 69.5 cm³/mol. The minimum Gasteiger partial charge on any atom is -0.371 e. The summed E-state index contributed by atoms with van der Waals surface area (Å²) < 4.78 is 38.3. The van der Waals surface area contributed by atoms with Crippen LogP contribution in [0, 0.1) is 16.0 Å². The van der Waals surface area contributed by atoms with Gasteiger partial charge in [0.15, 0.2) is 6.29 Å². The number of hydrogen-bond donors (Lipinski definition) is 0. The van der Waals surface area contributed by atoms with E-state index in [1.54, 1.807) is 0 Å². The van der Waals surface area contributed by atoms with Crippen molar-refractivity contribution in [2.24, 2.45) is 5.92 Å². The first kappa shape index (κ1) is 15.3. The second kappa shape index (κ2) is 5.71. The number of halogens is 3. The second-order valence-electron chi connectivity index (χ2n) is 4.94. The molecule has 1 aromatic carbocycles. The third-order valence-electron chi connectivity index (χ3n) is 3.58. The second-order valence-corrected chi connectivity index (χ2v) is 4.94. The smallest absolute Gasteiger partial charge is 0.371 e. The molecule has 1 heterocycles. The van der Waals surface area contributed by atoms with Crippen molar-refractivity contribution in [2.75, 3.05) is 18.0 Å². The van der Waals surface area contributed by atoms with Gasteiger partial charge in [-0.15, -0.1) is 0 Å². The Labute approximate surface area is 118 Å². The molecule has 0 saturated carbocycles. The van der Waals surface area contributed by atoms with Crippen LogP contribution in [0.1, 0.15) is 23.2 Å². The van der Waals surface area contributed by atoms with Crippen molar-refractivity contribution in [1.82, 2.24) is 0 Å². The lowest BCUT2D eigenvalue weighted by Crippen LogP contribution is -2.41. The summed E-state index contributed by atoms with van der Waals surface area (Å²) in [6.07, 6.45) is -3.45. The van der Waals surface area contributed by atoms with Crippen molar-refractivity contribution >= 4 is 17.7 Å². The number of nitro groups is 1. The van der Waals surface area contributed by atoms with E-state index in [0.717, 1.165) is 6.07 Å². The summed E-state index contributed by atoms with van der Waals surface area (Å²) in [7, 11) is 0. The summed E-state index contributed by atoms with van der Waals surface area (Å²) in [6.45, 7) is 0.238. The van der Waals surface area contributed by atoms with Crippen molar-refractivity contribution < 1.29 is 22.9 Å². The van der Waals surface area contributed by atoms with Crippen molar-refractivity contribution in [1.29, 1.82) is 0 Å². The van der Waals surface area contributed by atoms with Gasteiger partial charge in [-0.1, -0.05) is 0 Å². The molecule has 1 aliphatic rings. The number of rotatable bonds is 3. The van der Waals surface area contributed by atoms with E-state index in [-0.39, 0.29) is 24.2 Å². The van der Waals surface area contributed by atoms with Crippen LogP contribution >= 0.6 is 0 Å². The molecule has 1 aromatic rings. The summed E-state index contributed by atoms with van der Waals surface area (Å²) in [5.74, 6) is -1.42. The van der Waals surface area contributed by atoms with Crippen LogP contribution in [0.3, 0.4) is 0 Å². The number of aldehydes is 1. The van der Waals surface area contributed by atoms with Crippen LogP contribution in [0.5, 0.6) is 0 Å². The first-order valence-electron chi connectivity index (χ1n) is 6.38. The molecule has 21 heavy (non-hydrogen) atoms. The Bertz CT molecular complexity index is 560. The summed E-state index contributed by atoms with van der Waals surface area (Å²) >= 11 is 0. The summed E-state index contributed by atoms with van der Waals surface area (Å²) in [5.41, 5.74) is -0.0820. The average molecular weight is 302 g/mol. The fourth-order valence-electron chi connectivity index (χ4n) is 2.48. The van der Waals surface area contributed by atoms with Gasteiger partial charge in [0.05, 0.1) is 16.4 Å². The van der Waals surface area contributed by atoms with Crippen molar-refractivity contribution in [3.05, 3.63) is 33.9 Å². The quantitative estimate of drug-likeness (QED) is 0.488. The Morgan fingerprint density at radius 3 is 2.67 bits per heavy atom. The Morgan fingerprint density at radius 2 is 2.10 bits per heavy atom. The number of benzene rings is 1. The number of piperidine rings is 1. The number of alkyl halides is 3. The summed E-state index contributed by atoms with van der Waals surface area (Å²) in [6, 6.07) is 3.80. The molecule has 1 fully saturated rings. The number of nitro benzene ring substituents is 1. The maximum absolute atomic E-state index is 12.8. The lowest BCUT2D eigenvalue weighted by molar-refractivity contribution is -0.385. The van der Waals surface area contributed by atoms with E-state index in [9.17, 15) is 28.1 Å². The molecule has 0 aliphatic carbocycles. The van der Waals surface area contributed by atoms with Gasteiger partial charge in [0, 0.05) is 24.8 Å². The van der Waals surface area contributed by atoms with E-state index < -0.39 is 17.0 Å². The molecule has 114 valence electrons. The molecule has 8 heteroatoms. The molecule has 1 aliphatic heterocycles. The van der Waals surface area contributed by atoms with E-state index in [1.807, 2.05) is 0 Å². The molecule has 0 spiro atoms. The van der Waals surface area contributed by atoms with Gasteiger partial charge in [-0.2, -0.15) is 13.2 Å². The summed E-state index contributed by atoms with van der Waals surface area (Å²) in [5, 5.41) is 10.7. The molecule has 0 N–H and O–H groups in total. The van der Waals surface area contributed by atoms with Crippen molar-refractivity contribution in [3.8, 4) is 0 Å². The molecular formula is C13H13F3N2O3. The minimum absolute atomic E-state index is 0.0769. The van der Waals surface area contributed by atoms with Gasteiger partial charge >= 0.3 is 6.18 Å². The van der Waals surface area contributed by atoms with Gasteiger partial charge in [0.25, 0.3) is 5.69 Å². The standard InChI is InChI=1S/C13H13F3N2O3/c14-13(15,16)10-2-1-5-17(7-10)11-3-4-12(18(20)21)9(6-11)8-19/h3-4,6,8,10H,1-2,5,7H2. The third-order valence-corrected chi connectivity index (χ3v) is 3.58. The lowest BCUT2D eigenvalue weighted by Gasteiger charge is -2.35. The van der Waals surface area contributed by atoms with Crippen molar-refractivity contribution in [2.45, 2.75) is 19.0 Å². The van der Waals surface area contributed by atoms with Crippen LogP contribution < -0.4 is 4.90 Å². The van der Waals surface area contributed by atoms with Crippen LogP contribution in [0.4, 0.5) is 24.5 Å². The zero-order valence-electron chi connectivity index (χ0n) is 11.0. The normalized spacial score (nSPS) is 19.4. The fourth-order valence-corrected chi connectivity index (χ4v) is 2.48. The van der Waals surface area contributed by atoms with Crippen molar-refractivity contribution in [3.63, 3.8) is 0 Å². The molecule has 0 amide bonds. The highest BCUT2D eigenvalue weighted by Gasteiger charge is 2.41. The van der Waals surface area contributed by atoms with Crippen LogP contribution in [0.25, 0.3) is 0 Å². The molecule has 1 unspecified atom stereocenters. The monoisotopic (exact) mass is 302 g/mol. The van der Waals surface area contributed by atoms with Gasteiger partial charge in [-0.25, -0.2) is 0 Å². The lowest BCUT2D eigenvalue weighted by atomic mass is 9.97. The number of carbonyl (C=O) groups is 1. The molecule has 0 aromatic heterocycles. The number of anilines is 1. The van der Waals surface area contributed by atoms with Gasteiger partial charge < -0.3 is 4.90 Å². The molecule has 0 radical (unpaired) electrons. The molecule has 2 rings (SSSR count). The van der Waals surface area contributed by atoms with Crippen LogP contribution in [-0.4, -0.2) is 30.5 Å². The Kier molecular flexibility index (Phi) is 4.15. The van der Waals surface area contributed by atoms with Gasteiger partial charge in [0.1, 0.15) is 0 Å². The number of hydrogen-bond acceptors (Lipinski definition) is 4. The average Bonchev–Trinajstić information content (AvgIpc) is 2.45. The Balaban J connectivity index is 2.25. The minimum atomic E-state index is -4.26. The molecule has 1 saturated heterocycles. The maximum atomic E-state index is 12.8. The first-order chi connectivity index (χ1) is 9.82. The van der Waals surface area contributed by atoms with Crippen LogP contribution in [0.15, 0.2) is 18.2 Å². The van der Waals surface area contributed by atoms with Gasteiger partial charge in [-0.05, 0) is 25.0 Å². The van der Waals surface area contributed by atoms with E-state index >= 15 is 0 Å². The predicted octanol–water partition coefficient (Wildman–Crippen LogP) is 3.19. The zero-order chi connectivity index (χ0) is 15.6. The number of nitrogens with zero attached hydrogens (tertiary/aromatic N) is 2. The molecule has 5 nitrogen and oxygen atoms in total. The molecular weight excluding hydrogens is 289 g/mol. The van der Waals surface area contributed by atoms with Gasteiger partial charge in [-0.3, -0.25) is 14.9 Å². The number of carbonyl (C=O) groups excluding carboxylic acids is 1. The highest BCUT2D eigenvalue weighted by atomic mass is 19.4. The van der Waals surface area contributed by atoms with Gasteiger partial charge in [0.2, 0.25) is 0 Å². The van der Waals surface area contributed by atoms with Crippen LogP contribution in [-0.2, 0) is 0 Å². The Morgan fingerprint density at radius 1 is 1.38 bits per heavy atom. The van der Waals surface area contributed by atoms with E-state index in [4.69, 9.17) is 0 Å². The van der Waals surface area contributed by atoms with Crippen LogP contribution in [0.2, 0.25) is 0 Å². The first-order valence-corrected chi connectivity index (χ1v) is 6.38. The van der Waals surface area contributed by atoms with E-state index in [1.165, 1.54) is 17.0 Å². The third kappa shape index (κ3) is 3.32. The highest BCUT2D eigenvalue weighted by Crippen LogP contribution is 2.35. The topological polar surface area (TPSA) is 63.5 Å². The fraction of sp³-hybridized carbons (Fsp3) is 0.462. The zero-order valence-corrected chi connectivity index (χ0v) is 11.0. The van der Waals surface area contributed by atoms with E-state index in [0.29, 0.717) is 24.9 Å².